The van der Waals surface area contributed by atoms with Crippen LogP contribution in [0.2, 0.25) is 0 Å². The van der Waals surface area contributed by atoms with Crippen molar-refractivity contribution >= 4 is 6.09 Å². The van der Waals surface area contributed by atoms with Crippen LogP contribution in [-0.4, -0.2) is 17.6 Å². The molecule has 0 fully saturated rings. The highest BCUT2D eigenvalue weighted by atomic mass is 19.4. The van der Waals surface area contributed by atoms with Gasteiger partial charge in [-0.05, 0) is 23.6 Å². The highest BCUT2D eigenvalue weighted by Gasteiger charge is 2.30. The zero-order valence-electron chi connectivity index (χ0n) is 13.1. The standard InChI is InChI=1S/C18H15F3N2O2/c19-18(20,21)15-9-11-22-16(12-15)8-4-5-10-23-17(24)25-13-14-6-2-1-3-7-14/h1-3,6-7,9,11-12H,5,10,13H2,(H,23,24). The number of ether oxygens (including phenoxy) is 1. The molecule has 2 aromatic rings. The first-order valence-electron chi connectivity index (χ1n) is 7.42. The molecule has 0 aliphatic carbocycles. The third-order valence-electron chi connectivity index (χ3n) is 3.04. The summed E-state index contributed by atoms with van der Waals surface area (Å²) in [5, 5.41) is 2.51. The lowest BCUT2D eigenvalue weighted by Crippen LogP contribution is -2.24. The van der Waals surface area contributed by atoms with E-state index >= 15 is 0 Å². The third kappa shape index (κ3) is 6.55. The Labute approximate surface area is 143 Å². The highest BCUT2D eigenvalue weighted by Crippen LogP contribution is 2.28. The number of nitrogens with zero attached hydrogens (tertiary/aromatic N) is 1. The highest BCUT2D eigenvalue weighted by molar-refractivity contribution is 5.67. The largest absolute Gasteiger partial charge is 0.445 e. The summed E-state index contributed by atoms with van der Waals surface area (Å²) in [6.07, 6.45) is -3.68. The Kier molecular flexibility index (Phi) is 6.40. The van der Waals surface area contributed by atoms with Gasteiger partial charge in [0.2, 0.25) is 0 Å². The van der Waals surface area contributed by atoms with E-state index in [9.17, 15) is 18.0 Å². The molecule has 0 aliphatic heterocycles. The van der Waals surface area contributed by atoms with Crippen molar-refractivity contribution in [1.82, 2.24) is 10.3 Å². The molecule has 2 rings (SSSR count). The van der Waals surface area contributed by atoms with Gasteiger partial charge in [-0.3, -0.25) is 0 Å². The van der Waals surface area contributed by atoms with Gasteiger partial charge in [-0.25, -0.2) is 9.78 Å². The van der Waals surface area contributed by atoms with Gasteiger partial charge >= 0.3 is 12.3 Å². The molecule has 130 valence electrons. The minimum Gasteiger partial charge on any atom is -0.445 e. The van der Waals surface area contributed by atoms with Crippen molar-refractivity contribution in [3.05, 3.63) is 65.5 Å². The second kappa shape index (κ2) is 8.73. The Bertz CT molecular complexity index is 765. The van der Waals surface area contributed by atoms with E-state index in [0.717, 1.165) is 23.9 Å². The minimum absolute atomic E-state index is 0.0291. The van der Waals surface area contributed by atoms with Crippen molar-refractivity contribution in [3.63, 3.8) is 0 Å². The van der Waals surface area contributed by atoms with Crippen LogP contribution in [0.15, 0.2) is 48.7 Å². The lowest BCUT2D eigenvalue weighted by Gasteiger charge is -2.05. The van der Waals surface area contributed by atoms with Gasteiger partial charge in [0, 0.05) is 19.2 Å². The number of halogens is 3. The lowest BCUT2D eigenvalue weighted by atomic mass is 10.2. The zero-order chi connectivity index (χ0) is 18.1. The van der Waals surface area contributed by atoms with Crippen molar-refractivity contribution in [2.24, 2.45) is 0 Å². The van der Waals surface area contributed by atoms with E-state index in [4.69, 9.17) is 4.74 Å². The number of alkyl halides is 3. The predicted octanol–water partition coefficient (Wildman–Crippen LogP) is 3.77. The number of carbonyl (C=O) groups is 1. The summed E-state index contributed by atoms with van der Waals surface area (Å²) in [4.78, 5) is 15.2. The number of nitrogens with one attached hydrogen (secondary N) is 1. The summed E-state index contributed by atoms with van der Waals surface area (Å²) in [6, 6.07) is 11.0. The van der Waals surface area contributed by atoms with Gasteiger partial charge in [-0.2, -0.15) is 13.2 Å². The number of pyridine rings is 1. The molecule has 0 saturated heterocycles. The van der Waals surface area contributed by atoms with Crippen LogP contribution >= 0.6 is 0 Å². The maximum Gasteiger partial charge on any atom is 0.416 e. The van der Waals surface area contributed by atoms with Gasteiger partial charge in [-0.15, -0.1) is 0 Å². The molecule has 0 atom stereocenters. The molecular formula is C18H15F3N2O2. The van der Waals surface area contributed by atoms with Gasteiger partial charge in [0.15, 0.2) is 0 Å². The van der Waals surface area contributed by atoms with Crippen LogP contribution in [0.5, 0.6) is 0 Å². The van der Waals surface area contributed by atoms with Crippen molar-refractivity contribution in [3.8, 4) is 11.8 Å². The van der Waals surface area contributed by atoms with Gasteiger partial charge in [0.05, 0.1) is 5.56 Å². The van der Waals surface area contributed by atoms with Crippen LogP contribution in [0.3, 0.4) is 0 Å². The first-order valence-corrected chi connectivity index (χ1v) is 7.42. The topological polar surface area (TPSA) is 51.2 Å². The molecule has 0 bridgehead atoms. The van der Waals surface area contributed by atoms with E-state index in [2.05, 4.69) is 22.1 Å². The first-order chi connectivity index (χ1) is 11.9. The first kappa shape index (κ1) is 18.3. The molecule has 1 aromatic carbocycles. The number of hydrogen-bond donors (Lipinski definition) is 1. The molecule has 1 aromatic heterocycles. The summed E-state index contributed by atoms with van der Waals surface area (Å²) in [5.41, 5.74) is 0.101. The number of aromatic nitrogens is 1. The second-order valence-electron chi connectivity index (χ2n) is 4.97. The number of carbonyl (C=O) groups excluding carboxylic acids is 1. The summed E-state index contributed by atoms with van der Waals surface area (Å²) in [6.45, 7) is 0.381. The molecule has 0 unspecified atom stereocenters. The second-order valence-corrected chi connectivity index (χ2v) is 4.97. The van der Waals surface area contributed by atoms with Gasteiger partial charge in [0.1, 0.15) is 12.3 Å². The summed E-state index contributed by atoms with van der Waals surface area (Å²) >= 11 is 0. The fourth-order valence-corrected chi connectivity index (χ4v) is 1.83. The van der Waals surface area contributed by atoms with Crippen molar-refractivity contribution < 1.29 is 22.7 Å². The Morgan fingerprint density at radius 3 is 2.68 bits per heavy atom. The van der Waals surface area contributed by atoms with Crippen LogP contribution in [0, 0.1) is 11.8 Å². The monoisotopic (exact) mass is 348 g/mol. The molecule has 0 spiro atoms. The molecule has 1 N–H and O–H groups in total. The van der Waals surface area contributed by atoms with E-state index in [1.165, 1.54) is 0 Å². The Morgan fingerprint density at radius 2 is 1.96 bits per heavy atom. The maximum absolute atomic E-state index is 12.6. The molecule has 0 radical (unpaired) electrons. The number of rotatable bonds is 4. The number of benzene rings is 1. The number of alkyl carbamates (subject to hydrolysis) is 1. The lowest BCUT2D eigenvalue weighted by molar-refractivity contribution is -0.137. The Balaban J connectivity index is 1.73. The normalized spacial score (nSPS) is 10.5. The summed E-state index contributed by atoms with van der Waals surface area (Å²) in [5.74, 6) is 5.19. The molecule has 0 saturated carbocycles. The minimum atomic E-state index is -4.43. The molecule has 1 heterocycles. The molecule has 7 heteroatoms. The molecular weight excluding hydrogens is 333 g/mol. The van der Waals surface area contributed by atoms with Crippen LogP contribution in [0.1, 0.15) is 23.2 Å². The average molecular weight is 348 g/mol. The fraction of sp³-hybridized carbons (Fsp3) is 0.222. The summed E-state index contributed by atoms with van der Waals surface area (Å²) < 4.78 is 42.7. The van der Waals surface area contributed by atoms with E-state index < -0.39 is 17.8 Å². The van der Waals surface area contributed by atoms with E-state index in [0.29, 0.717) is 0 Å². The third-order valence-corrected chi connectivity index (χ3v) is 3.04. The molecule has 25 heavy (non-hydrogen) atoms. The van der Waals surface area contributed by atoms with E-state index in [1.54, 1.807) is 0 Å². The van der Waals surface area contributed by atoms with Crippen LogP contribution in [0.4, 0.5) is 18.0 Å². The Hall–Kier alpha value is -3.01. The van der Waals surface area contributed by atoms with E-state index in [1.807, 2.05) is 30.3 Å². The zero-order valence-corrected chi connectivity index (χ0v) is 13.1. The summed E-state index contributed by atoms with van der Waals surface area (Å²) in [7, 11) is 0. The SMILES string of the molecule is O=C(NCCC#Cc1cc(C(F)(F)F)ccn1)OCc1ccccc1. The number of hydrogen-bond acceptors (Lipinski definition) is 3. The quantitative estimate of drug-likeness (QED) is 0.676. The van der Waals surface area contributed by atoms with Crippen molar-refractivity contribution in [1.29, 1.82) is 0 Å². The van der Waals surface area contributed by atoms with Gasteiger partial charge in [0.25, 0.3) is 0 Å². The number of amides is 1. The molecule has 0 aliphatic rings. The predicted molar refractivity (Wildman–Crippen MR) is 85.4 cm³/mol. The molecule has 4 nitrogen and oxygen atoms in total. The van der Waals surface area contributed by atoms with Crippen LogP contribution in [0.25, 0.3) is 0 Å². The van der Waals surface area contributed by atoms with E-state index in [-0.39, 0.29) is 25.3 Å². The van der Waals surface area contributed by atoms with Gasteiger partial charge < -0.3 is 10.1 Å². The van der Waals surface area contributed by atoms with Crippen molar-refractivity contribution in [2.45, 2.75) is 19.2 Å². The fourth-order valence-electron chi connectivity index (χ4n) is 1.83. The van der Waals surface area contributed by atoms with Crippen molar-refractivity contribution in [2.75, 3.05) is 6.54 Å². The smallest absolute Gasteiger partial charge is 0.416 e. The molecule has 1 amide bonds. The van der Waals surface area contributed by atoms with Crippen LogP contribution in [-0.2, 0) is 17.5 Å². The Morgan fingerprint density at radius 1 is 1.20 bits per heavy atom. The average Bonchev–Trinajstić information content (AvgIpc) is 2.60. The maximum atomic E-state index is 12.6. The van der Waals surface area contributed by atoms with Gasteiger partial charge in [-0.1, -0.05) is 36.3 Å². The van der Waals surface area contributed by atoms with Crippen LogP contribution < -0.4 is 5.32 Å².